The number of ether oxygens (including phenoxy) is 1. The Bertz CT molecular complexity index is 1310. The average Bonchev–Trinajstić information content (AvgIpc) is 3.16. The summed E-state index contributed by atoms with van der Waals surface area (Å²) in [5.74, 6) is 0.624. The van der Waals surface area contributed by atoms with Crippen molar-refractivity contribution in [1.82, 2.24) is 14.8 Å². The van der Waals surface area contributed by atoms with E-state index < -0.39 is 0 Å². The molecule has 2 aromatic heterocycles. The van der Waals surface area contributed by atoms with Crippen molar-refractivity contribution in [2.45, 2.75) is 13.0 Å². The van der Waals surface area contributed by atoms with Gasteiger partial charge in [-0.1, -0.05) is 78.9 Å². The lowest BCUT2D eigenvalue weighted by atomic mass is 10.0. The molecule has 0 atom stereocenters. The van der Waals surface area contributed by atoms with Gasteiger partial charge in [-0.25, -0.2) is 4.98 Å². The van der Waals surface area contributed by atoms with E-state index in [4.69, 9.17) is 14.8 Å². The van der Waals surface area contributed by atoms with Gasteiger partial charge >= 0.3 is 0 Å². The lowest BCUT2D eigenvalue weighted by molar-refractivity contribution is 0.293. The molecule has 0 amide bonds. The van der Waals surface area contributed by atoms with Crippen molar-refractivity contribution in [3.8, 4) is 17.1 Å². The van der Waals surface area contributed by atoms with Crippen molar-refractivity contribution in [3.05, 3.63) is 114 Å². The summed E-state index contributed by atoms with van der Waals surface area (Å²) in [6, 6.07) is 32.9. The Morgan fingerprint density at radius 1 is 0.742 bits per heavy atom. The van der Waals surface area contributed by atoms with Gasteiger partial charge in [0.2, 0.25) is 5.88 Å². The van der Waals surface area contributed by atoms with E-state index in [0.717, 1.165) is 33.4 Å². The lowest BCUT2D eigenvalue weighted by Gasteiger charge is -2.11. The van der Waals surface area contributed by atoms with E-state index in [-0.39, 0.29) is 0 Å². The summed E-state index contributed by atoms with van der Waals surface area (Å²) in [6.45, 7) is 0.491. The SMILES string of the molecule is Cn1nc(-c2ccc(OCc3ccccc3)nc2Cc2ccccc2)c2ccccc21. The molecule has 0 unspecified atom stereocenters. The molecule has 152 valence electrons. The molecule has 0 bridgehead atoms. The second-order valence-electron chi connectivity index (χ2n) is 7.57. The highest BCUT2D eigenvalue weighted by molar-refractivity contribution is 5.93. The molecule has 2 heterocycles. The third kappa shape index (κ3) is 4.05. The van der Waals surface area contributed by atoms with E-state index in [1.807, 2.05) is 48.1 Å². The van der Waals surface area contributed by atoms with E-state index >= 15 is 0 Å². The molecule has 0 aliphatic carbocycles. The fourth-order valence-corrected chi connectivity index (χ4v) is 3.85. The van der Waals surface area contributed by atoms with E-state index in [1.165, 1.54) is 5.56 Å². The fourth-order valence-electron chi connectivity index (χ4n) is 3.85. The number of pyridine rings is 1. The number of aryl methyl sites for hydroxylation is 1. The van der Waals surface area contributed by atoms with E-state index in [2.05, 4.69) is 60.7 Å². The summed E-state index contributed by atoms with van der Waals surface area (Å²) < 4.78 is 7.94. The van der Waals surface area contributed by atoms with E-state index in [1.54, 1.807) is 0 Å². The molecule has 0 radical (unpaired) electrons. The number of nitrogens with zero attached hydrogens (tertiary/aromatic N) is 3. The first-order chi connectivity index (χ1) is 15.3. The highest BCUT2D eigenvalue weighted by atomic mass is 16.5. The minimum atomic E-state index is 0.491. The zero-order chi connectivity index (χ0) is 21.0. The van der Waals surface area contributed by atoms with Gasteiger partial charge < -0.3 is 4.74 Å². The number of aromatic nitrogens is 3. The normalized spacial score (nSPS) is 11.0. The largest absolute Gasteiger partial charge is 0.473 e. The average molecular weight is 406 g/mol. The summed E-state index contributed by atoms with van der Waals surface area (Å²) >= 11 is 0. The van der Waals surface area contributed by atoms with Gasteiger partial charge in [0.05, 0.1) is 11.2 Å². The van der Waals surface area contributed by atoms with Crippen molar-refractivity contribution in [3.63, 3.8) is 0 Å². The predicted octanol–water partition coefficient (Wildman–Crippen LogP) is 5.81. The Kier molecular flexibility index (Phi) is 5.19. The van der Waals surface area contributed by atoms with Gasteiger partial charge in [0, 0.05) is 30.5 Å². The van der Waals surface area contributed by atoms with Gasteiger partial charge in [-0.3, -0.25) is 4.68 Å². The van der Waals surface area contributed by atoms with Crippen molar-refractivity contribution in [1.29, 1.82) is 0 Å². The quantitative estimate of drug-likeness (QED) is 0.358. The first-order valence-electron chi connectivity index (χ1n) is 10.4. The van der Waals surface area contributed by atoms with Crippen LogP contribution >= 0.6 is 0 Å². The van der Waals surface area contributed by atoms with Crippen LogP contribution in [0.15, 0.2) is 97.1 Å². The van der Waals surface area contributed by atoms with Gasteiger partial charge in [-0.05, 0) is 23.3 Å². The maximum absolute atomic E-state index is 6.02. The maximum atomic E-state index is 6.02. The number of para-hydroxylation sites is 1. The van der Waals surface area contributed by atoms with Gasteiger partial charge in [0.15, 0.2) is 0 Å². The number of hydrogen-bond donors (Lipinski definition) is 0. The van der Waals surface area contributed by atoms with Crippen molar-refractivity contribution < 1.29 is 4.74 Å². The summed E-state index contributed by atoms with van der Waals surface area (Å²) in [7, 11) is 1.98. The number of hydrogen-bond acceptors (Lipinski definition) is 3. The second-order valence-corrected chi connectivity index (χ2v) is 7.57. The molecule has 0 aliphatic rings. The van der Waals surface area contributed by atoms with E-state index in [0.29, 0.717) is 18.9 Å². The van der Waals surface area contributed by atoms with E-state index in [9.17, 15) is 0 Å². The third-order valence-electron chi connectivity index (χ3n) is 5.41. The van der Waals surface area contributed by atoms with Crippen molar-refractivity contribution in [2.75, 3.05) is 0 Å². The van der Waals surface area contributed by atoms with Crippen LogP contribution in [0.25, 0.3) is 22.2 Å². The summed E-state index contributed by atoms with van der Waals surface area (Å²) in [6.07, 6.45) is 0.712. The van der Waals surface area contributed by atoms with Gasteiger partial charge in [0.1, 0.15) is 12.3 Å². The topological polar surface area (TPSA) is 39.9 Å². The molecule has 4 heteroatoms. The van der Waals surface area contributed by atoms with Crippen LogP contribution in [-0.4, -0.2) is 14.8 Å². The first kappa shape index (κ1) is 19.1. The van der Waals surface area contributed by atoms with Gasteiger partial charge in [-0.2, -0.15) is 5.10 Å². The second kappa shape index (κ2) is 8.44. The molecular formula is C27H23N3O. The molecule has 0 spiro atoms. The predicted molar refractivity (Wildman–Crippen MR) is 124 cm³/mol. The summed E-state index contributed by atoms with van der Waals surface area (Å²) in [4.78, 5) is 4.90. The Morgan fingerprint density at radius 2 is 1.42 bits per heavy atom. The minimum Gasteiger partial charge on any atom is -0.473 e. The molecule has 3 aromatic carbocycles. The molecule has 4 nitrogen and oxygen atoms in total. The number of rotatable bonds is 6. The number of fused-ring (bicyclic) bond motifs is 1. The fraction of sp³-hybridized carbons (Fsp3) is 0.111. The molecule has 31 heavy (non-hydrogen) atoms. The Labute approximate surface area is 181 Å². The summed E-state index contributed by atoms with van der Waals surface area (Å²) in [5.41, 5.74) is 6.37. The summed E-state index contributed by atoms with van der Waals surface area (Å²) in [5, 5.41) is 5.95. The monoisotopic (exact) mass is 405 g/mol. The van der Waals surface area contributed by atoms with Crippen LogP contribution in [0.3, 0.4) is 0 Å². The number of benzene rings is 3. The lowest BCUT2D eigenvalue weighted by Crippen LogP contribution is -2.02. The van der Waals surface area contributed by atoms with Gasteiger partial charge in [-0.15, -0.1) is 0 Å². The Hall–Kier alpha value is -3.92. The molecule has 0 saturated heterocycles. The highest BCUT2D eigenvalue weighted by Gasteiger charge is 2.16. The molecular weight excluding hydrogens is 382 g/mol. The molecule has 5 aromatic rings. The van der Waals surface area contributed by atoms with Crippen LogP contribution in [-0.2, 0) is 20.1 Å². The molecule has 0 aliphatic heterocycles. The van der Waals surface area contributed by atoms with Crippen LogP contribution < -0.4 is 4.74 Å². The minimum absolute atomic E-state index is 0.491. The third-order valence-corrected chi connectivity index (χ3v) is 5.41. The molecule has 5 rings (SSSR count). The zero-order valence-corrected chi connectivity index (χ0v) is 17.4. The molecule has 0 N–H and O–H groups in total. The standard InChI is InChI=1S/C27H23N3O/c1-30-25-15-9-8-14-23(25)27(29-30)22-16-17-26(31-19-21-12-6-3-7-13-21)28-24(22)18-20-10-4-2-5-11-20/h2-17H,18-19H2,1H3. The van der Waals surface area contributed by atoms with Crippen LogP contribution in [0.4, 0.5) is 0 Å². The Balaban J connectivity index is 1.55. The van der Waals surface area contributed by atoms with Crippen molar-refractivity contribution in [2.24, 2.45) is 7.05 Å². The van der Waals surface area contributed by atoms with Gasteiger partial charge in [0.25, 0.3) is 0 Å². The zero-order valence-electron chi connectivity index (χ0n) is 17.4. The van der Waals surface area contributed by atoms with Crippen LogP contribution in [0.1, 0.15) is 16.8 Å². The Morgan fingerprint density at radius 3 is 2.19 bits per heavy atom. The highest BCUT2D eigenvalue weighted by Crippen LogP contribution is 2.31. The van der Waals surface area contributed by atoms with Crippen molar-refractivity contribution >= 4 is 10.9 Å². The molecule has 0 saturated carbocycles. The molecule has 0 fully saturated rings. The maximum Gasteiger partial charge on any atom is 0.213 e. The van der Waals surface area contributed by atoms with Crippen LogP contribution in [0.2, 0.25) is 0 Å². The smallest absolute Gasteiger partial charge is 0.213 e. The van der Waals surface area contributed by atoms with Crippen LogP contribution in [0, 0.1) is 0 Å². The first-order valence-corrected chi connectivity index (χ1v) is 10.4. The van der Waals surface area contributed by atoms with Crippen LogP contribution in [0.5, 0.6) is 5.88 Å².